The van der Waals surface area contributed by atoms with E-state index < -0.39 is 0 Å². The third kappa shape index (κ3) is 5.05. The summed E-state index contributed by atoms with van der Waals surface area (Å²) in [5, 5.41) is 0. The van der Waals surface area contributed by atoms with Gasteiger partial charge >= 0.3 is 0 Å². The number of nitrogens with zero attached hydrogens (tertiary/aromatic N) is 2. The molecule has 38 heavy (non-hydrogen) atoms. The van der Waals surface area contributed by atoms with Crippen LogP contribution in [-0.4, -0.2) is 42.3 Å². The van der Waals surface area contributed by atoms with E-state index in [0.29, 0.717) is 12.3 Å². The molecular weight excluding hydrogens is 477 g/mol. The lowest BCUT2D eigenvalue weighted by Crippen LogP contribution is -2.26. The Morgan fingerprint density at radius 2 is 1.89 bits per heavy atom. The maximum Gasteiger partial charge on any atom is 0.192 e. The first-order valence-corrected chi connectivity index (χ1v) is 13.6. The van der Waals surface area contributed by atoms with Gasteiger partial charge in [-0.1, -0.05) is 24.3 Å². The summed E-state index contributed by atoms with van der Waals surface area (Å²) in [6.45, 7) is 4.25. The number of alkyl halides is 1. The molecule has 2 N–H and O–H groups in total. The molecule has 0 amide bonds. The highest BCUT2D eigenvalue weighted by Gasteiger charge is 2.24. The van der Waals surface area contributed by atoms with E-state index in [1.807, 2.05) is 19.1 Å². The first-order valence-electron chi connectivity index (χ1n) is 13.6. The Morgan fingerprint density at radius 3 is 2.74 bits per heavy atom. The molecular formula is C32H34FN3O2. The number of benzene rings is 3. The number of nitrogens with two attached hydrogens (primary N) is 1. The van der Waals surface area contributed by atoms with Crippen molar-refractivity contribution in [3.8, 4) is 5.75 Å². The first kappa shape index (κ1) is 24.7. The van der Waals surface area contributed by atoms with Gasteiger partial charge in [0.1, 0.15) is 17.4 Å². The number of hydrogen-bond acceptors (Lipinski definition) is 5. The smallest absolute Gasteiger partial charge is 0.192 e. The Kier molecular flexibility index (Phi) is 6.90. The molecule has 2 heterocycles. The quantitative estimate of drug-likeness (QED) is 0.276. The van der Waals surface area contributed by atoms with E-state index >= 15 is 0 Å². The number of hydrogen-bond donors (Lipinski definition) is 1. The summed E-state index contributed by atoms with van der Waals surface area (Å²) in [6.07, 6.45) is 4.71. The molecule has 1 saturated heterocycles. The highest BCUT2D eigenvalue weighted by molar-refractivity contribution is 6.01. The van der Waals surface area contributed by atoms with Crippen LogP contribution in [0.15, 0.2) is 65.1 Å². The van der Waals surface area contributed by atoms with Gasteiger partial charge in [0.25, 0.3) is 0 Å². The number of allylic oxidation sites excluding steroid dienone is 1. The fraction of sp³-hybridized carbons (Fsp3) is 0.344. The SMILES string of the molecule is Cc1nc2cc(C3=C(c4ccc(O[C@H]5CCN(CCCF)C5)cc4)c4ccc(N)cc4CCC3)ccc2o1. The molecule has 6 heteroatoms. The van der Waals surface area contributed by atoms with Gasteiger partial charge in [-0.2, -0.15) is 0 Å². The van der Waals surface area contributed by atoms with E-state index in [1.165, 1.54) is 27.8 Å². The molecule has 1 aliphatic heterocycles. The second-order valence-electron chi connectivity index (χ2n) is 10.4. The van der Waals surface area contributed by atoms with Crippen LogP contribution in [0, 0.1) is 6.92 Å². The third-order valence-electron chi connectivity index (χ3n) is 7.70. The predicted molar refractivity (Wildman–Crippen MR) is 151 cm³/mol. The molecule has 2 aliphatic rings. The number of aryl methyl sites for hydroxylation is 2. The molecule has 3 aromatic carbocycles. The van der Waals surface area contributed by atoms with E-state index in [9.17, 15) is 4.39 Å². The minimum atomic E-state index is -0.261. The minimum Gasteiger partial charge on any atom is -0.489 e. The van der Waals surface area contributed by atoms with Crippen molar-refractivity contribution in [3.05, 3.63) is 88.8 Å². The summed E-state index contributed by atoms with van der Waals surface area (Å²) in [6, 6.07) is 21.1. The van der Waals surface area contributed by atoms with Gasteiger partial charge in [0, 0.05) is 32.2 Å². The van der Waals surface area contributed by atoms with Gasteiger partial charge in [0.05, 0.1) is 6.67 Å². The van der Waals surface area contributed by atoms with E-state index in [-0.39, 0.29) is 12.8 Å². The fourth-order valence-corrected chi connectivity index (χ4v) is 5.93. The minimum absolute atomic E-state index is 0.148. The van der Waals surface area contributed by atoms with E-state index in [0.717, 1.165) is 73.4 Å². The molecule has 6 rings (SSSR count). The van der Waals surface area contributed by atoms with E-state index in [1.54, 1.807) is 0 Å². The Bertz CT molecular complexity index is 1470. The molecule has 5 nitrogen and oxygen atoms in total. The van der Waals surface area contributed by atoms with Crippen molar-refractivity contribution in [3.63, 3.8) is 0 Å². The number of nitrogen functional groups attached to an aromatic ring is 1. The van der Waals surface area contributed by atoms with Gasteiger partial charge in [-0.3, -0.25) is 9.29 Å². The van der Waals surface area contributed by atoms with Crippen LogP contribution in [-0.2, 0) is 6.42 Å². The van der Waals surface area contributed by atoms with Crippen LogP contribution in [0.5, 0.6) is 5.75 Å². The van der Waals surface area contributed by atoms with Gasteiger partial charge in [-0.25, -0.2) is 4.98 Å². The Balaban J connectivity index is 1.36. The Morgan fingerprint density at radius 1 is 1.05 bits per heavy atom. The number of ether oxygens (including phenoxy) is 1. The van der Waals surface area contributed by atoms with Crippen LogP contribution in [0.3, 0.4) is 0 Å². The van der Waals surface area contributed by atoms with Gasteiger partial charge in [0.15, 0.2) is 11.5 Å². The second-order valence-corrected chi connectivity index (χ2v) is 10.4. The number of aromatic nitrogens is 1. The number of anilines is 1. The lowest BCUT2D eigenvalue weighted by atomic mass is 9.87. The zero-order valence-corrected chi connectivity index (χ0v) is 21.9. The summed E-state index contributed by atoms with van der Waals surface area (Å²) in [5.74, 6) is 1.55. The van der Waals surface area contributed by atoms with Crippen molar-refractivity contribution in [1.82, 2.24) is 9.88 Å². The van der Waals surface area contributed by atoms with Crippen LogP contribution in [0.2, 0.25) is 0 Å². The molecule has 4 aromatic rings. The maximum absolute atomic E-state index is 12.6. The zero-order valence-electron chi connectivity index (χ0n) is 21.9. The van der Waals surface area contributed by atoms with Crippen LogP contribution in [0.4, 0.5) is 10.1 Å². The van der Waals surface area contributed by atoms with E-state index in [2.05, 4.69) is 58.4 Å². The van der Waals surface area contributed by atoms with Crippen molar-refractivity contribution in [2.24, 2.45) is 0 Å². The van der Waals surface area contributed by atoms with Gasteiger partial charge in [0.2, 0.25) is 0 Å². The average Bonchev–Trinajstić information content (AvgIpc) is 3.47. The topological polar surface area (TPSA) is 64.5 Å². The molecule has 1 aliphatic carbocycles. The molecule has 0 radical (unpaired) electrons. The standard InChI is InChI=1S/C32H34FN3O2/c1-21-35-30-19-24(8-13-31(30)37-21)28-5-2-4-23-18-25(34)9-12-29(23)32(28)22-6-10-26(11-7-22)38-27-14-17-36(20-27)16-3-15-33/h6-13,18-19,27H,2-5,14-17,20,34H2,1H3/t27-/m0/s1. The van der Waals surface area contributed by atoms with Gasteiger partial charge in [-0.05, 0) is 102 Å². The Hall–Kier alpha value is -3.64. The van der Waals surface area contributed by atoms with Gasteiger partial charge < -0.3 is 14.9 Å². The van der Waals surface area contributed by atoms with Crippen LogP contribution >= 0.6 is 0 Å². The largest absolute Gasteiger partial charge is 0.489 e. The summed E-state index contributed by atoms with van der Waals surface area (Å²) >= 11 is 0. The molecule has 0 bridgehead atoms. The number of likely N-dealkylation sites (tertiary alicyclic amines) is 1. The molecule has 1 fully saturated rings. The van der Waals surface area contributed by atoms with Crippen LogP contribution < -0.4 is 10.5 Å². The Labute approximate surface area is 223 Å². The van der Waals surface area contributed by atoms with Crippen molar-refractivity contribution in [2.75, 3.05) is 32.0 Å². The number of fused-ring (bicyclic) bond motifs is 2. The zero-order chi connectivity index (χ0) is 26.1. The molecule has 1 atom stereocenters. The summed E-state index contributed by atoms with van der Waals surface area (Å²) in [4.78, 5) is 6.87. The maximum atomic E-state index is 12.6. The molecule has 1 aromatic heterocycles. The highest BCUT2D eigenvalue weighted by atomic mass is 19.1. The number of oxazole rings is 1. The highest BCUT2D eigenvalue weighted by Crippen LogP contribution is 2.41. The molecule has 0 spiro atoms. The number of halogens is 1. The molecule has 0 saturated carbocycles. The van der Waals surface area contributed by atoms with E-state index in [4.69, 9.17) is 14.9 Å². The lowest BCUT2D eigenvalue weighted by Gasteiger charge is -2.19. The lowest BCUT2D eigenvalue weighted by molar-refractivity contribution is 0.198. The summed E-state index contributed by atoms with van der Waals surface area (Å²) in [5.41, 5.74) is 16.1. The van der Waals surface area contributed by atoms with Crippen LogP contribution in [0.1, 0.15) is 53.8 Å². The average molecular weight is 512 g/mol. The normalized spacial score (nSPS) is 18.1. The monoisotopic (exact) mass is 511 g/mol. The summed E-state index contributed by atoms with van der Waals surface area (Å²) < 4.78 is 24.6. The predicted octanol–water partition coefficient (Wildman–Crippen LogP) is 6.83. The van der Waals surface area contributed by atoms with Crippen LogP contribution in [0.25, 0.3) is 22.2 Å². The first-order chi connectivity index (χ1) is 18.6. The fourth-order valence-electron chi connectivity index (χ4n) is 5.93. The molecule has 0 unspecified atom stereocenters. The number of rotatable bonds is 7. The van der Waals surface area contributed by atoms with Gasteiger partial charge in [-0.15, -0.1) is 0 Å². The second kappa shape index (κ2) is 10.6. The van der Waals surface area contributed by atoms with Crippen molar-refractivity contribution >= 4 is 27.9 Å². The summed E-state index contributed by atoms with van der Waals surface area (Å²) in [7, 11) is 0. The van der Waals surface area contributed by atoms with Crippen molar-refractivity contribution in [1.29, 1.82) is 0 Å². The van der Waals surface area contributed by atoms with Crippen molar-refractivity contribution < 1.29 is 13.5 Å². The molecule has 196 valence electrons. The third-order valence-corrected chi connectivity index (χ3v) is 7.70. The van der Waals surface area contributed by atoms with Crippen molar-refractivity contribution in [2.45, 2.75) is 45.1 Å².